The summed E-state index contributed by atoms with van der Waals surface area (Å²) in [5.41, 5.74) is 5.52. The number of nitrogens with one attached hydrogen (secondary N) is 1. The molecule has 3 heterocycles. The number of rotatable bonds is 4. The average molecular weight is 399 g/mol. The fourth-order valence-electron chi connectivity index (χ4n) is 4.46. The van der Waals surface area contributed by atoms with E-state index in [1.165, 1.54) is 0 Å². The number of imidazole rings is 1. The van der Waals surface area contributed by atoms with E-state index in [1.807, 2.05) is 49.6 Å². The largest absolute Gasteiger partial charge is 0.390 e. The van der Waals surface area contributed by atoms with Gasteiger partial charge >= 0.3 is 0 Å². The van der Waals surface area contributed by atoms with Gasteiger partial charge in [0.25, 0.3) is 0 Å². The molecule has 5 nitrogen and oxygen atoms in total. The second-order valence-electron chi connectivity index (χ2n) is 8.52. The van der Waals surface area contributed by atoms with E-state index in [2.05, 4.69) is 50.1 Å². The Bertz CT molecular complexity index is 1170. The fourth-order valence-corrected chi connectivity index (χ4v) is 4.46. The van der Waals surface area contributed by atoms with Gasteiger partial charge in [0.1, 0.15) is 5.65 Å². The van der Waals surface area contributed by atoms with Gasteiger partial charge in [-0.1, -0.05) is 30.3 Å². The molecule has 0 saturated heterocycles. The molecule has 1 fully saturated rings. The highest BCUT2D eigenvalue weighted by Crippen LogP contribution is 2.31. The SMILES string of the molecule is CC1(O)CCCC(Nc2ccc3ncc(-c4ccnc(-c5ccccc5)c4)n3c2)C1. The zero-order valence-electron chi connectivity index (χ0n) is 17.1. The van der Waals surface area contributed by atoms with Crippen molar-refractivity contribution in [2.24, 2.45) is 0 Å². The number of benzene rings is 1. The van der Waals surface area contributed by atoms with Crippen LogP contribution in [0.1, 0.15) is 32.6 Å². The van der Waals surface area contributed by atoms with E-state index in [1.54, 1.807) is 0 Å². The molecule has 1 aromatic carbocycles. The number of hydrogen-bond acceptors (Lipinski definition) is 4. The van der Waals surface area contributed by atoms with E-state index in [-0.39, 0.29) is 6.04 Å². The van der Waals surface area contributed by atoms with Crippen LogP contribution in [0.3, 0.4) is 0 Å². The monoisotopic (exact) mass is 398 g/mol. The Labute approximate surface area is 176 Å². The van der Waals surface area contributed by atoms with Gasteiger partial charge in [0.2, 0.25) is 0 Å². The number of fused-ring (bicyclic) bond motifs is 1. The van der Waals surface area contributed by atoms with Crippen LogP contribution in [0.4, 0.5) is 5.69 Å². The van der Waals surface area contributed by atoms with Crippen LogP contribution in [-0.4, -0.2) is 31.1 Å². The number of pyridine rings is 2. The Morgan fingerprint density at radius 1 is 1.07 bits per heavy atom. The molecule has 5 rings (SSSR count). The van der Waals surface area contributed by atoms with Crippen LogP contribution in [0.25, 0.3) is 28.2 Å². The Kier molecular flexibility index (Phi) is 4.75. The summed E-state index contributed by atoms with van der Waals surface area (Å²) in [6.07, 6.45) is 9.63. The zero-order chi connectivity index (χ0) is 20.6. The van der Waals surface area contributed by atoms with Crippen molar-refractivity contribution in [1.29, 1.82) is 0 Å². The minimum absolute atomic E-state index is 0.281. The molecular formula is C25H26N4O. The van der Waals surface area contributed by atoms with E-state index in [0.29, 0.717) is 0 Å². The number of nitrogens with zero attached hydrogens (tertiary/aromatic N) is 3. The minimum Gasteiger partial charge on any atom is -0.390 e. The molecular weight excluding hydrogens is 372 g/mol. The van der Waals surface area contributed by atoms with E-state index in [4.69, 9.17) is 0 Å². The molecule has 2 unspecified atom stereocenters. The fraction of sp³-hybridized carbons (Fsp3) is 0.280. The zero-order valence-corrected chi connectivity index (χ0v) is 17.1. The van der Waals surface area contributed by atoms with Gasteiger partial charge in [-0.2, -0.15) is 0 Å². The summed E-state index contributed by atoms with van der Waals surface area (Å²) in [4.78, 5) is 9.13. The number of anilines is 1. The molecule has 2 atom stereocenters. The molecule has 0 radical (unpaired) electrons. The van der Waals surface area contributed by atoms with Crippen LogP contribution in [0.15, 0.2) is 73.2 Å². The van der Waals surface area contributed by atoms with E-state index in [0.717, 1.165) is 59.5 Å². The minimum atomic E-state index is -0.578. The normalized spacial score (nSPS) is 21.6. The summed E-state index contributed by atoms with van der Waals surface area (Å²) >= 11 is 0. The van der Waals surface area contributed by atoms with Crippen molar-refractivity contribution in [1.82, 2.24) is 14.4 Å². The molecule has 1 aliphatic rings. The first-order valence-electron chi connectivity index (χ1n) is 10.6. The van der Waals surface area contributed by atoms with Crippen molar-refractivity contribution < 1.29 is 5.11 Å². The second-order valence-corrected chi connectivity index (χ2v) is 8.52. The molecule has 2 N–H and O–H groups in total. The molecule has 3 aromatic heterocycles. The molecule has 30 heavy (non-hydrogen) atoms. The molecule has 0 bridgehead atoms. The van der Waals surface area contributed by atoms with Crippen molar-refractivity contribution in [3.05, 3.63) is 73.2 Å². The molecule has 0 spiro atoms. The van der Waals surface area contributed by atoms with Crippen LogP contribution >= 0.6 is 0 Å². The quantitative estimate of drug-likeness (QED) is 0.498. The molecule has 0 amide bonds. The Balaban J connectivity index is 1.47. The highest BCUT2D eigenvalue weighted by atomic mass is 16.3. The molecule has 5 heteroatoms. The van der Waals surface area contributed by atoms with Gasteiger partial charge in [-0.25, -0.2) is 4.98 Å². The smallest absolute Gasteiger partial charge is 0.137 e. The Hall–Kier alpha value is -3.18. The van der Waals surface area contributed by atoms with Crippen LogP contribution < -0.4 is 5.32 Å². The summed E-state index contributed by atoms with van der Waals surface area (Å²) in [5.74, 6) is 0. The van der Waals surface area contributed by atoms with Gasteiger partial charge in [-0.05, 0) is 56.9 Å². The van der Waals surface area contributed by atoms with Gasteiger partial charge in [-0.15, -0.1) is 0 Å². The number of hydrogen-bond donors (Lipinski definition) is 2. The first kappa shape index (κ1) is 18.8. The average Bonchev–Trinajstić information content (AvgIpc) is 3.17. The van der Waals surface area contributed by atoms with E-state index in [9.17, 15) is 5.11 Å². The second kappa shape index (κ2) is 7.58. The van der Waals surface area contributed by atoms with Crippen molar-refractivity contribution in [3.8, 4) is 22.5 Å². The third-order valence-corrected chi connectivity index (χ3v) is 5.96. The third kappa shape index (κ3) is 3.81. The lowest BCUT2D eigenvalue weighted by molar-refractivity contribution is 0.0182. The summed E-state index contributed by atoms with van der Waals surface area (Å²) in [6.45, 7) is 1.94. The van der Waals surface area contributed by atoms with Crippen molar-refractivity contribution in [2.45, 2.75) is 44.2 Å². The van der Waals surface area contributed by atoms with Gasteiger partial charge in [-0.3, -0.25) is 9.38 Å². The maximum Gasteiger partial charge on any atom is 0.137 e. The van der Waals surface area contributed by atoms with E-state index >= 15 is 0 Å². The first-order valence-corrected chi connectivity index (χ1v) is 10.6. The number of aromatic nitrogens is 3. The van der Waals surface area contributed by atoms with Crippen molar-refractivity contribution >= 4 is 11.3 Å². The lowest BCUT2D eigenvalue weighted by atomic mass is 9.83. The van der Waals surface area contributed by atoms with Gasteiger partial charge < -0.3 is 10.4 Å². The predicted molar refractivity (Wildman–Crippen MR) is 120 cm³/mol. The van der Waals surface area contributed by atoms with Crippen LogP contribution in [0.2, 0.25) is 0 Å². The lowest BCUT2D eigenvalue weighted by Gasteiger charge is -2.34. The summed E-state index contributed by atoms with van der Waals surface area (Å²) < 4.78 is 2.12. The van der Waals surface area contributed by atoms with Crippen LogP contribution in [0, 0.1) is 0 Å². The van der Waals surface area contributed by atoms with Crippen LogP contribution in [-0.2, 0) is 0 Å². The van der Waals surface area contributed by atoms with Gasteiger partial charge in [0.05, 0.1) is 28.9 Å². The Morgan fingerprint density at radius 2 is 1.93 bits per heavy atom. The number of aliphatic hydroxyl groups is 1. The summed E-state index contributed by atoms with van der Waals surface area (Å²) in [5, 5.41) is 14.0. The third-order valence-electron chi connectivity index (χ3n) is 5.96. The first-order chi connectivity index (χ1) is 14.6. The van der Waals surface area contributed by atoms with Crippen LogP contribution in [0.5, 0.6) is 0 Å². The molecule has 1 saturated carbocycles. The summed E-state index contributed by atoms with van der Waals surface area (Å²) in [7, 11) is 0. The topological polar surface area (TPSA) is 62.5 Å². The van der Waals surface area contributed by atoms with E-state index < -0.39 is 5.60 Å². The predicted octanol–water partition coefficient (Wildman–Crippen LogP) is 5.17. The van der Waals surface area contributed by atoms with Crippen molar-refractivity contribution in [2.75, 3.05) is 5.32 Å². The van der Waals surface area contributed by atoms with Gasteiger partial charge in [0.15, 0.2) is 0 Å². The van der Waals surface area contributed by atoms with Crippen molar-refractivity contribution in [3.63, 3.8) is 0 Å². The highest BCUT2D eigenvalue weighted by Gasteiger charge is 2.29. The maximum atomic E-state index is 10.4. The molecule has 152 valence electrons. The standard InChI is InChI=1S/C25H26N4O/c1-25(30)12-5-8-20(15-25)28-21-9-10-24-27-16-23(29(24)17-21)19-11-13-26-22(14-19)18-6-3-2-4-7-18/h2-4,6-7,9-11,13-14,16-17,20,28,30H,5,8,12,15H2,1H3. The molecule has 0 aliphatic heterocycles. The molecule has 1 aliphatic carbocycles. The Morgan fingerprint density at radius 3 is 2.77 bits per heavy atom. The summed E-state index contributed by atoms with van der Waals surface area (Å²) in [6, 6.07) is 18.7. The van der Waals surface area contributed by atoms with Gasteiger partial charge in [0, 0.05) is 29.6 Å². The molecule has 4 aromatic rings. The highest BCUT2D eigenvalue weighted by molar-refractivity contribution is 5.70. The lowest BCUT2D eigenvalue weighted by Crippen LogP contribution is -2.38. The maximum absolute atomic E-state index is 10.4.